The first-order valence-corrected chi connectivity index (χ1v) is 6.89. The Labute approximate surface area is 124 Å². The lowest BCUT2D eigenvalue weighted by Gasteiger charge is -2.23. The van der Waals surface area contributed by atoms with Gasteiger partial charge in [-0.05, 0) is 12.5 Å². The molecule has 116 valence electrons. The van der Waals surface area contributed by atoms with Crippen molar-refractivity contribution < 1.29 is 19.4 Å². The molecule has 0 saturated heterocycles. The fourth-order valence-electron chi connectivity index (χ4n) is 1.89. The van der Waals surface area contributed by atoms with Crippen molar-refractivity contribution in [1.82, 2.24) is 10.2 Å². The summed E-state index contributed by atoms with van der Waals surface area (Å²) in [7, 11) is 1.56. The van der Waals surface area contributed by atoms with Gasteiger partial charge in [0.2, 0.25) is 0 Å². The number of nitrogens with zero attached hydrogens (tertiary/aromatic N) is 1. The summed E-state index contributed by atoms with van der Waals surface area (Å²) in [6.07, 6.45) is 0.254. The van der Waals surface area contributed by atoms with Crippen LogP contribution in [0, 0.1) is 0 Å². The zero-order chi connectivity index (χ0) is 15.7. The molecule has 6 heteroatoms. The summed E-state index contributed by atoms with van der Waals surface area (Å²) in [5.74, 6) is -1.05. The van der Waals surface area contributed by atoms with E-state index in [1.54, 1.807) is 7.11 Å². The Hall–Kier alpha value is -2.08. The van der Waals surface area contributed by atoms with Crippen LogP contribution in [0.4, 0.5) is 4.79 Å². The number of carbonyl (C=O) groups excluding carboxylic acids is 1. The highest BCUT2D eigenvalue weighted by atomic mass is 16.5. The van der Waals surface area contributed by atoms with Gasteiger partial charge in [-0.15, -0.1) is 0 Å². The van der Waals surface area contributed by atoms with Gasteiger partial charge in [-0.1, -0.05) is 30.3 Å². The van der Waals surface area contributed by atoms with Crippen LogP contribution in [0.5, 0.6) is 0 Å². The van der Waals surface area contributed by atoms with E-state index in [2.05, 4.69) is 5.32 Å². The number of nitrogens with one attached hydrogen (secondary N) is 1. The molecule has 0 saturated carbocycles. The normalized spacial score (nSPS) is 11.7. The topological polar surface area (TPSA) is 78.9 Å². The second-order valence-electron chi connectivity index (χ2n) is 4.60. The number of hydrogen-bond donors (Lipinski definition) is 2. The Morgan fingerprint density at radius 2 is 2.00 bits per heavy atom. The average molecular weight is 294 g/mol. The summed E-state index contributed by atoms with van der Waals surface area (Å²) >= 11 is 0. The van der Waals surface area contributed by atoms with Crippen molar-refractivity contribution in [3.63, 3.8) is 0 Å². The number of amides is 2. The van der Waals surface area contributed by atoms with Crippen LogP contribution in [0.15, 0.2) is 30.3 Å². The highest BCUT2D eigenvalue weighted by Gasteiger charge is 2.22. The molecule has 1 aromatic carbocycles. The lowest BCUT2D eigenvalue weighted by Crippen LogP contribution is -2.49. The molecule has 2 amide bonds. The van der Waals surface area contributed by atoms with Gasteiger partial charge in [-0.3, -0.25) is 0 Å². The molecular formula is C15H22N2O4. The largest absolute Gasteiger partial charge is 0.480 e. The molecule has 0 aliphatic carbocycles. The number of likely N-dealkylation sites (N-methyl/N-ethyl adjacent to an activating group) is 1. The molecule has 0 spiro atoms. The van der Waals surface area contributed by atoms with E-state index in [1.807, 2.05) is 37.3 Å². The van der Waals surface area contributed by atoms with Gasteiger partial charge in [0.25, 0.3) is 0 Å². The predicted molar refractivity (Wildman–Crippen MR) is 79.2 cm³/mol. The number of aliphatic carboxylic acids is 1. The van der Waals surface area contributed by atoms with Crippen LogP contribution >= 0.6 is 0 Å². The van der Waals surface area contributed by atoms with Crippen LogP contribution in [-0.4, -0.2) is 54.9 Å². The van der Waals surface area contributed by atoms with E-state index in [-0.39, 0.29) is 6.42 Å². The van der Waals surface area contributed by atoms with Gasteiger partial charge >= 0.3 is 12.0 Å². The maximum absolute atomic E-state index is 12.1. The molecule has 2 N–H and O–H groups in total. The maximum Gasteiger partial charge on any atom is 0.326 e. The number of hydrogen-bond acceptors (Lipinski definition) is 3. The van der Waals surface area contributed by atoms with E-state index >= 15 is 0 Å². The third-order valence-corrected chi connectivity index (χ3v) is 3.11. The first-order valence-electron chi connectivity index (χ1n) is 6.89. The van der Waals surface area contributed by atoms with Gasteiger partial charge in [0.15, 0.2) is 0 Å². The number of carboxylic acids is 1. The third-order valence-electron chi connectivity index (χ3n) is 3.11. The van der Waals surface area contributed by atoms with Crippen molar-refractivity contribution in [2.45, 2.75) is 19.4 Å². The van der Waals surface area contributed by atoms with Gasteiger partial charge < -0.3 is 20.1 Å². The maximum atomic E-state index is 12.1. The molecule has 0 fully saturated rings. The molecule has 0 bridgehead atoms. The molecule has 1 aromatic rings. The second-order valence-corrected chi connectivity index (χ2v) is 4.60. The predicted octanol–water partition coefficient (Wildman–Crippen LogP) is 1.36. The number of rotatable bonds is 8. The summed E-state index contributed by atoms with van der Waals surface area (Å²) < 4.78 is 4.93. The zero-order valence-electron chi connectivity index (χ0n) is 12.4. The highest BCUT2D eigenvalue weighted by molar-refractivity contribution is 5.82. The minimum atomic E-state index is -1.05. The van der Waals surface area contributed by atoms with Crippen molar-refractivity contribution in [1.29, 1.82) is 0 Å². The van der Waals surface area contributed by atoms with E-state index in [1.165, 1.54) is 4.90 Å². The molecule has 0 radical (unpaired) electrons. The highest BCUT2D eigenvalue weighted by Crippen LogP contribution is 2.04. The van der Waals surface area contributed by atoms with Crippen LogP contribution in [-0.2, 0) is 16.0 Å². The summed E-state index contributed by atoms with van der Waals surface area (Å²) in [4.78, 5) is 24.9. The van der Waals surface area contributed by atoms with E-state index in [4.69, 9.17) is 4.74 Å². The number of methoxy groups -OCH3 is 1. The van der Waals surface area contributed by atoms with Crippen LogP contribution < -0.4 is 5.32 Å². The van der Waals surface area contributed by atoms with E-state index in [0.717, 1.165) is 5.56 Å². The molecule has 0 aliphatic heterocycles. The monoisotopic (exact) mass is 294 g/mol. The van der Waals surface area contributed by atoms with Gasteiger partial charge in [0.1, 0.15) is 6.04 Å². The standard InChI is InChI=1S/C15H22N2O4/c1-3-17(9-10-21-2)15(20)16-13(14(18)19)11-12-7-5-4-6-8-12/h4-8,13H,3,9-11H2,1-2H3,(H,16,20)(H,18,19)/t13-/m1/s1. The third kappa shape index (κ3) is 5.83. The van der Waals surface area contributed by atoms with Gasteiger partial charge in [-0.25, -0.2) is 9.59 Å². The summed E-state index contributed by atoms with van der Waals surface area (Å²) in [6, 6.07) is 7.88. The summed E-state index contributed by atoms with van der Waals surface area (Å²) in [5.41, 5.74) is 0.866. The minimum absolute atomic E-state index is 0.254. The molecule has 21 heavy (non-hydrogen) atoms. The molecule has 6 nitrogen and oxygen atoms in total. The number of urea groups is 1. The Kier molecular flexibility index (Phi) is 7.25. The van der Waals surface area contributed by atoms with E-state index < -0.39 is 18.0 Å². The van der Waals surface area contributed by atoms with Crippen molar-refractivity contribution in [2.75, 3.05) is 26.8 Å². The van der Waals surface area contributed by atoms with Crippen LogP contribution in [0.2, 0.25) is 0 Å². The Bertz CT molecular complexity index is 450. The van der Waals surface area contributed by atoms with Gasteiger partial charge in [-0.2, -0.15) is 0 Å². The van der Waals surface area contributed by atoms with Crippen molar-refractivity contribution in [3.8, 4) is 0 Å². The van der Waals surface area contributed by atoms with Crippen molar-refractivity contribution >= 4 is 12.0 Å². The lowest BCUT2D eigenvalue weighted by atomic mass is 10.1. The number of ether oxygens (including phenoxy) is 1. The first kappa shape index (κ1) is 17.0. The van der Waals surface area contributed by atoms with Crippen LogP contribution in [0.1, 0.15) is 12.5 Å². The van der Waals surface area contributed by atoms with Gasteiger partial charge in [0, 0.05) is 26.6 Å². The second kappa shape index (κ2) is 8.97. The number of benzene rings is 1. The SMILES string of the molecule is CCN(CCOC)C(=O)N[C@H](Cc1ccccc1)C(=O)O. The molecule has 1 atom stereocenters. The van der Waals surface area contributed by atoms with Gasteiger partial charge in [0.05, 0.1) is 6.61 Å². The Balaban J connectivity index is 2.65. The molecule has 0 aliphatic rings. The quantitative estimate of drug-likeness (QED) is 0.759. The average Bonchev–Trinajstić information content (AvgIpc) is 2.48. The fraction of sp³-hybridized carbons (Fsp3) is 0.467. The Morgan fingerprint density at radius 3 is 2.52 bits per heavy atom. The van der Waals surface area contributed by atoms with E-state index in [0.29, 0.717) is 19.7 Å². The molecular weight excluding hydrogens is 272 g/mol. The van der Waals surface area contributed by atoms with Crippen molar-refractivity contribution in [2.24, 2.45) is 0 Å². The van der Waals surface area contributed by atoms with Crippen molar-refractivity contribution in [3.05, 3.63) is 35.9 Å². The number of carboxylic acid groups (broad SMARTS) is 1. The van der Waals surface area contributed by atoms with Crippen LogP contribution in [0.25, 0.3) is 0 Å². The summed E-state index contributed by atoms with van der Waals surface area (Å²) in [5, 5.41) is 11.8. The molecule has 0 unspecified atom stereocenters. The molecule has 0 heterocycles. The number of carbonyl (C=O) groups is 2. The fourth-order valence-corrected chi connectivity index (χ4v) is 1.89. The van der Waals surface area contributed by atoms with E-state index in [9.17, 15) is 14.7 Å². The first-order chi connectivity index (χ1) is 10.1. The minimum Gasteiger partial charge on any atom is -0.480 e. The molecule has 1 rings (SSSR count). The zero-order valence-corrected chi connectivity index (χ0v) is 12.4. The molecule has 0 aromatic heterocycles. The summed E-state index contributed by atoms with van der Waals surface area (Å²) in [6.45, 7) is 3.17. The lowest BCUT2D eigenvalue weighted by molar-refractivity contribution is -0.139. The van der Waals surface area contributed by atoms with Crippen LogP contribution in [0.3, 0.4) is 0 Å². The Morgan fingerprint density at radius 1 is 1.33 bits per heavy atom. The smallest absolute Gasteiger partial charge is 0.326 e.